The maximum Gasteiger partial charge on any atom is 0.300 e. The van der Waals surface area contributed by atoms with Crippen LogP contribution in [0.1, 0.15) is 19.3 Å². The predicted molar refractivity (Wildman–Crippen MR) is 79.4 cm³/mol. The average Bonchev–Trinajstić information content (AvgIpc) is 2.82. The van der Waals surface area contributed by atoms with Crippen molar-refractivity contribution in [2.24, 2.45) is 0 Å². The van der Waals surface area contributed by atoms with Crippen LogP contribution in [0.2, 0.25) is 4.34 Å². The summed E-state index contributed by atoms with van der Waals surface area (Å²) in [6, 6.07) is 1.00. The van der Waals surface area contributed by atoms with Gasteiger partial charge in [-0.1, -0.05) is 11.6 Å². The zero-order valence-corrected chi connectivity index (χ0v) is 13.7. The molecule has 1 aliphatic heterocycles. The van der Waals surface area contributed by atoms with E-state index in [1.54, 1.807) is 0 Å². The Balaban J connectivity index is 2.16. The number of sulfonamides is 1. The number of halogens is 1. The van der Waals surface area contributed by atoms with Gasteiger partial charge >= 0.3 is 0 Å². The minimum Gasteiger partial charge on any atom is -0.377 e. The third kappa shape index (κ3) is 3.72. The summed E-state index contributed by atoms with van der Waals surface area (Å²) in [5, 5.41) is 10.7. The van der Waals surface area contributed by atoms with Crippen LogP contribution in [0.25, 0.3) is 0 Å². The molecule has 2 heterocycles. The number of likely N-dealkylation sites (N-methyl/N-ethyl adjacent to an activating group) is 1. The number of hydrogen-bond acceptors (Lipinski definition) is 6. The van der Waals surface area contributed by atoms with Crippen LogP contribution in [0.3, 0.4) is 0 Å². The van der Waals surface area contributed by atoms with Gasteiger partial charge in [0.1, 0.15) is 4.21 Å². The second kappa shape index (κ2) is 6.57. The number of nitro groups is 1. The van der Waals surface area contributed by atoms with Gasteiger partial charge in [0, 0.05) is 26.3 Å². The molecule has 1 fully saturated rings. The first-order valence-corrected chi connectivity index (χ1v) is 8.97. The Morgan fingerprint density at radius 1 is 1.57 bits per heavy atom. The van der Waals surface area contributed by atoms with Crippen molar-refractivity contribution >= 4 is 38.6 Å². The van der Waals surface area contributed by atoms with Gasteiger partial charge in [-0.25, -0.2) is 8.42 Å². The molecule has 1 unspecified atom stereocenters. The van der Waals surface area contributed by atoms with E-state index in [0.29, 0.717) is 17.9 Å². The first kappa shape index (κ1) is 16.6. The molecular formula is C11H15ClN2O5S2. The molecule has 0 radical (unpaired) electrons. The van der Waals surface area contributed by atoms with E-state index in [1.807, 2.05) is 0 Å². The van der Waals surface area contributed by atoms with Crippen molar-refractivity contribution in [3.63, 3.8) is 0 Å². The molecule has 1 aromatic rings. The van der Waals surface area contributed by atoms with E-state index in [1.165, 1.54) is 7.05 Å². The van der Waals surface area contributed by atoms with Gasteiger partial charge in [-0.15, -0.1) is 11.3 Å². The molecule has 0 amide bonds. The normalized spacial score (nSPS) is 19.9. The molecule has 118 valence electrons. The van der Waals surface area contributed by atoms with Crippen molar-refractivity contribution in [2.45, 2.75) is 29.6 Å². The Kier molecular flexibility index (Phi) is 5.20. The first-order chi connectivity index (χ1) is 9.82. The summed E-state index contributed by atoms with van der Waals surface area (Å²) in [4.78, 5) is 10.1. The van der Waals surface area contributed by atoms with Gasteiger partial charge in [0.15, 0.2) is 4.34 Å². The van der Waals surface area contributed by atoms with Crippen molar-refractivity contribution in [1.29, 1.82) is 0 Å². The smallest absolute Gasteiger partial charge is 0.300 e. The highest BCUT2D eigenvalue weighted by Gasteiger charge is 2.30. The van der Waals surface area contributed by atoms with Gasteiger partial charge < -0.3 is 4.74 Å². The van der Waals surface area contributed by atoms with Gasteiger partial charge in [-0.05, 0) is 19.3 Å². The summed E-state index contributed by atoms with van der Waals surface area (Å²) in [5.41, 5.74) is -0.387. The second-order valence-electron chi connectivity index (χ2n) is 4.76. The third-order valence-corrected chi connectivity index (χ3v) is 6.85. The summed E-state index contributed by atoms with van der Waals surface area (Å²) in [5.74, 6) is 0. The van der Waals surface area contributed by atoms with E-state index in [2.05, 4.69) is 0 Å². The highest BCUT2D eigenvalue weighted by atomic mass is 35.5. The van der Waals surface area contributed by atoms with Gasteiger partial charge in [-0.2, -0.15) is 4.31 Å². The molecule has 0 bridgehead atoms. The lowest BCUT2D eigenvalue weighted by molar-refractivity contribution is -0.384. The van der Waals surface area contributed by atoms with Crippen LogP contribution in [0.5, 0.6) is 0 Å². The molecule has 0 aromatic carbocycles. The fraction of sp³-hybridized carbons (Fsp3) is 0.636. The lowest BCUT2D eigenvalue weighted by Gasteiger charge is -2.26. The van der Waals surface area contributed by atoms with Crippen LogP contribution in [-0.2, 0) is 14.8 Å². The number of rotatable bonds is 5. The monoisotopic (exact) mass is 354 g/mol. The lowest BCUT2D eigenvalue weighted by Crippen LogP contribution is -2.36. The number of ether oxygens (including phenoxy) is 1. The summed E-state index contributed by atoms with van der Waals surface area (Å²) in [6.07, 6.45) is 2.67. The minimum absolute atomic E-state index is 0.127. The van der Waals surface area contributed by atoms with Gasteiger partial charge in [0.05, 0.1) is 11.0 Å². The third-order valence-electron chi connectivity index (χ3n) is 3.24. The van der Waals surface area contributed by atoms with Crippen molar-refractivity contribution in [2.75, 3.05) is 20.2 Å². The van der Waals surface area contributed by atoms with Gasteiger partial charge in [-0.3, -0.25) is 10.1 Å². The zero-order chi connectivity index (χ0) is 15.6. The molecule has 1 saturated heterocycles. The van der Waals surface area contributed by atoms with E-state index in [9.17, 15) is 18.5 Å². The van der Waals surface area contributed by atoms with E-state index in [0.717, 1.165) is 29.6 Å². The lowest BCUT2D eigenvalue weighted by atomic mass is 10.1. The molecule has 1 atom stereocenters. The van der Waals surface area contributed by atoms with Crippen LogP contribution >= 0.6 is 22.9 Å². The van der Waals surface area contributed by atoms with Crippen molar-refractivity contribution in [3.8, 4) is 0 Å². The van der Waals surface area contributed by atoms with Crippen LogP contribution in [0.15, 0.2) is 10.3 Å². The summed E-state index contributed by atoms with van der Waals surface area (Å²) < 4.78 is 31.2. The molecule has 10 heteroatoms. The summed E-state index contributed by atoms with van der Waals surface area (Å²) in [6.45, 7) is 0.862. The summed E-state index contributed by atoms with van der Waals surface area (Å²) in [7, 11) is -2.35. The van der Waals surface area contributed by atoms with Crippen LogP contribution in [0.4, 0.5) is 5.69 Å². The molecule has 0 spiro atoms. The fourth-order valence-corrected chi connectivity index (χ4v) is 5.16. The van der Waals surface area contributed by atoms with Gasteiger partial charge in [0.2, 0.25) is 0 Å². The van der Waals surface area contributed by atoms with Gasteiger partial charge in [0.25, 0.3) is 15.7 Å². The highest BCUT2D eigenvalue weighted by molar-refractivity contribution is 7.91. The van der Waals surface area contributed by atoms with Crippen LogP contribution in [0, 0.1) is 10.1 Å². The topological polar surface area (TPSA) is 89.8 Å². The fourth-order valence-electron chi connectivity index (χ4n) is 2.08. The SMILES string of the molecule is CN(CC1CCCCO1)S(=O)(=O)c1cc([N+](=O)[O-])c(Cl)s1. The minimum atomic E-state index is -3.79. The molecule has 1 aliphatic rings. The molecule has 0 N–H and O–H groups in total. The molecular weight excluding hydrogens is 340 g/mol. The first-order valence-electron chi connectivity index (χ1n) is 6.34. The van der Waals surface area contributed by atoms with Crippen LogP contribution in [-0.4, -0.2) is 43.9 Å². The Bertz CT molecular complexity index is 625. The molecule has 1 aromatic heterocycles. The number of hydrogen-bond donors (Lipinski definition) is 0. The largest absolute Gasteiger partial charge is 0.377 e. The molecule has 21 heavy (non-hydrogen) atoms. The second-order valence-corrected chi connectivity index (χ2v) is 8.68. The van der Waals surface area contributed by atoms with Crippen molar-refractivity contribution in [1.82, 2.24) is 4.31 Å². The van der Waals surface area contributed by atoms with Crippen molar-refractivity contribution < 1.29 is 18.1 Å². The van der Waals surface area contributed by atoms with E-state index in [4.69, 9.17) is 16.3 Å². The zero-order valence-electron chi connectivity index (χ0n) is 11.3. The summed E-state index contributed by atoms with van der Waals surface area (Å²) >= 11 is 6.41. The number of thiophene rings is 1. The van der Waals surface area contributed by atoms with Crippen molar-refractivity contribution in [3.05, 3.63) is 20.5 Å². The average molecular weight is 355 g/mol. The van der Waals surface area contributed by atoms with E-state index >= 15 is 0 Å². The standard InChI is InChI=1S/C11H15ClN2O5S2/c1-13(7-8-4-2-3-5-19-8)21(17,18)10-6-9(14(15)16)11(12)20-10/h6,8H,2-5,7H2,1H3. The Morgan fingerprint density at radius 2 is 2.29 bits per heavy atom. The van der Waals surface area contributed by atoms with E-state index in [-0.39, 0.29) is 26.9 Å². The quantitative estimate of drug-likeness (QED) is 0.598. The molecule has 2 rings (SSSR count). The molecule has 0 saturated carbocycles. The Hall–Kier alpha value is -0.740. The predicted octanol–water partition coefficient (Wildman–Crippen LogP) is 2.50. The number of nitrogens with zero attached hydrogens (tertiary/aromatic N) is 2. The Labute approximate surface area is 131 Å². The van der Waals surface area contributed by atoms with Crippen LogP contribution < -0.4 is 0 Å². The molecule has 7 nitrogen and oxygen atoms in total. The maximum absolute atomic E-state index is 12.4. The highest BCUT2D eigenvalue weighted by Crippen LogP contribution is 2.37. The maximum atomic E-state index is 12.4. The van der Waals surface area contributed by atoms with E-state index < -0.39 is 14.9 Å². The molecule has 0 aliphatic carbocycles. The Morgan fingerprint density at radius 3 is 2.81 bits per heavy atom.